The van der Waals surface area contributed by atoms with Crippen LogP contribution in [-0.2, 0) is 32.6 Å². The molecule has 2 aromatic carbocycles. The molecule has 2 aromatic rings. The monoisotopic (exact) mass is 477 g/mol. The summed E-state index contributed by atoms with van der Waals surface area (Å²) in [6.45, 7) is 3.92. The Kier molecular flexibility index (Phi) is 9.40. The van der Waals surface area contributed by atoms with Crippen LogP contribution < -0.4 is 9.62 Å². The SMILES string of the molecule is CCc1ccc(N(CCCC(=O)N(Cc2ccc(F)cc2)[C@@H](C)C(=O)NC)S(C)(=O)=O)cc1. The second-order valence-electron chi connectivity index (χ2n) is 7.90. The van der Waals surface area contributed by atoms with E-state index in [2.05, 4.69) is 5.32 Å². The number of anilines is 1. The number of hydrogen-bond donors (Lipinski definition) is 1. The average molecular weight is 478 g/mol. The summed E-state index contributed by atoms with van der Waals surface area (Å²) >= 11 is 0. The van der Waals surface area contributed by atoms with E-state index in [-0.39, 0.29) is 43.6 Å². The van der Waals surface area contributed by atoms with Gasteiger partial charge < -0.3 is 10.2 Å². The van der Waals surface area contributed by atoms with Crippen LogP contribution in [0.15, 0.2) is 48.5 Å². The summed E-state index contributed by atoms with van der Waals surface area (Å²) in [5, 5.41) is 2.54. The summed E-state index contributed by atoms with van der Waals surface area (Å²) in [7, 11) is -2.04. The highest BCUT2D eigenvalue weighted by Crippen LogP contribution is 2.20. The molecular formula is C24H32FN3O4S. The van der Waals surface area contributed by atoms with E-state index in [1.54, 1.807) is 31.2 Å². The number of carbonyl (C=O) groups is 2. The van der Waals surface area contributed by atoms with Crippen LogP contribution in [0.5, 0.6) is 0 Å². The molecular weight excluding hydrogens is 445 g/mol. The van der Waals surface area contributed by atoms with Crippen molar-refractivity contribution in [3.8, 4) is 0 Å². The molecule has 0 aliphatic carbocycles. The Bertz CT molecular complexity index is 1040. The molecule has 0 aliphatic heterocycles. The largest absolute Gasteiger partial charge is 0.357 e. The Hall–Kier alpha value is -2.94. The average Bonchev–Trinajstić information content (AvgIpc) is 2.79. The van der Waals surface area contributed by atoms with E-state index < -0.39 is 16.1 Å². The molecule has 33 heavy (non-hydrogen) atoms. The van der Waals surface area contributed by atoms with Gasteiger partial charge in [0.05, 0.1) is 11.9 Å². The third-order valence-corrected chi connectivity index (χ3v) is 6.66. The Morgan fingerprint density at radius 2 is 1.61 bits per heavy atom. The van der Waals surface area contributed by atoms with Gasteiger partial charge in [0.25, 0.3) is 0 Å². The van der Waals surface area contributed by atoms with Crippen LogP contribution in [0.4, 0.5) is 10.1 Å². The lowest BCUT2D eigenvalue weighted by atomic mass is 10.1. The number of nitrogens with zero attached hydrogens (tertiary/aromatic N) is 2. The number of carbonyl (C=O) groups excluding carboxylic acids is 2. The maximum absolute atomic E-state index is 13.2. The fraction of sp³-hybridized carbons (Fsp3) is 0.417. The second-order valence-corrected chi connectivity index (χ2v) is 9.80. The molecule has 0 aliphatic rings. The van der Waals surface area contributed by atoms with Crippen molar-refractivity contribution in [3.63, 3.8) is 0 Å². The molecule has 0 aromatic heterocycles. The highest BCUT2D eigenvalue weighted by molar-refractivity contribution is 7.92. The van der Waals surface area contributed by atoms with Gasteiger partial charge in [-0.25, -0.2) is 12.8 Å². The molecule has 0 bridgehead atoms. The number of benzene rings is 2. The van der Waals surface area contributed by atoms with E-state index in [0.29, 0.717) is 11.3 Å². The van der Waals surface area contributed by atoms with Gasteiger partial charge in [-0.3, -0.25) is 13.9 Å². The molecule has 0 heterocycles. The minimum absolute atomic E-state index is 0.0571. The van der Waals surface area contributed by atoms with Crippen molar-refractivity contribution in [3.05, 3.63) is 65.5 Å². The normalized spacial score (nSPS) is 12.2. The third-order valence-electron chi connectivity index (χ3n) is 5.46. The Morgan fingerprint density at radius 3 is 2.12 bits per heavy atom. The van der Waals surface area contributed by atoms with Gasteiger partial charge in [0.1, 0.15) is 11.9 Å². The van der Waals surface area contributed by atoms with Gasteiger partial charge in [0, 0.05) is 26.6 Å². The van der Waals surface area contributed by atoms with Gasteiger partial charge in [-0.05, 0) is 55.2 Å². The Morgan fingerprint density at radius 1 is 1.03 bits per heavy atom. The van der Waals surface area contributed by atoms with Crippen LogP contribution in [0.25, 0.3) is 0 Å². The first-order chi connectivity index (χ1) is 15.6. The highest BCUT2D eigenvalue weighted by atomic mass is 32.2. The van der Waals surface area contributed by atoms with Crippen molar-refractivity contribution >= 4 is 27.5 Å². The second kappa shape index (κ2) is 11.8. The van der Waals surface area contributed by atoms with Crippen molar-refractivity contribution in [2.24, 2.45) is 0 Å². The van der Waals surface area contributed by atoms with Gasteiger partial charge >= 0.3 is 0 Å². The molecule has 2 rings (SSSR count). The molecule has 180 valence electrons. The predicted molar refractivity (Wildman–Crippen MR) is 128 cm³/mol. The number of likely N-dealkylation sites (N-methyl/N-ethyl adjacent to an activating group) is 1. The maximum atomic E-state index is 13.2. The predicted octanol–water partition coefficient (Wildman–Crippen LogP) is 3.10. The molecule has 2 amide bonds. The van der Waals surface area contributed by atoms with Crippen molar-refractivity contribution in [2.75, 3.05) is 24.2 Å². The molecule has 0 saturated carbocycles. The summed E-state index contributed by atoms with van der Waals surface area (Å²) in [5.41, 5.74) is 2.33. The molecule has 9 heteroatoms. The van der Waals surface area contributed by atoms with Crippen LogP contribution >= 0.6 is 0 Å². The van der Waals surface area contributed by atoms with Crippen molar-refractivity contribution in [1.29, 1.82) is 0 Å². The zero-order valence-corrected chi connectivity index (χ0v) is 20.4. The van der Waals surface area contributed by atoms with Gasteiger partial charge in [-0.2, -0.15) is 0 Å². The molecule has 0 unspecified atom stereocenters. The van der Waals surface area contributed by atoms with E-state index in [1.807, 2.05) is 19.1 Å². The lowest BCUT2D eigenvalue weighted by molar-refractivity contribution is -0.140. The molecule has 1 atom stereocenters. The van der Waals surface area contributed by atoms with Crippen LogP contribution in [0, 0.1) is 5.82 Å². The van der Waals surface area contributed by atoms with Crippen molar-refractivity contribution < 1.29 is 22.4 Å². The number of amides is 2. The van der Waals surface area contributed by atoms with Gasteiger partial charge in [-0.15, -0.1) is 0 Å². The Balaban J connectivity index is 2.12. The van der Waals surface area contributed by atoms with E-state index in [4.69, 9.17) is 0 Å². The van der Waals surface area contributed by atoms with Crippen LogP contribution in [-0.4, -0.2) is 51.0 Å². The number of halogens is 1. The topological polar surface area (TPSA) is 86.8 Å². The molecule has 0 radical (unpaired) electrons. The molecule has 7 nitrogen and oxygen atoms in total. The molecule has 0 fully saturated rings. The van der Waals surface area contributed by atoms with E-state index in [0.717, 1.165) is 18.2 Å². The number of aryl methyl sites for hydroxylation is 1. The fourth-order valence-corrected chi connectivity index (χ4v) is 4.45. The number of rotatable bonds is 11. The quantitative estimate of drug-likeness (QED) is 0.539. The maximum Gasteiger partial charge on any atom is 0.242 e. The smallest absolute Gasteiger partial charge is 0.242 e. The lowest BCUT2D eigenvalue weighted by Gasteiger charge is -2.29. The van der Waals surface area contributed by atoms with Crippen molar-refractivity contribution in [2.45, 2.75) is 45.7 Å². The molecule has 0 saturated heterocycles. The summed E-state index contributed by atoms with van der Waals surface area (Å²) < 4.78 is 39.2. The Labute approximate surface area is 195 Å². The summed E-state index contributed by atoms with van der Waals surface area (Å²) in [5.74, 6) is -0.992. The highest BCUT2D eigenvalue weighted by Gasteiger charge is 2.26. The van der Waals surface area contributed by atoms with Crippen LogP contribution in [0.3, 0.4) is 0 Å². The molecule has 0 spiro atoms. The van der Waals surface area contributed by atoms with Gasteiger partial charge in [0.2, 0.25) is 21.8 Å². The van der Waals surface area contributed by atoms with Crippen LogP contribution in [0.1, 0.15) is 37.8 Å². The summed E-state index contributed by atoms with van der Waals surface area (Å²) in [6.07, 6.45) is 2.32. The van der Waals surface area contributed by atoms with E-state index >= 15 is 0 Å². The number of sulfonamides is 1. The first-order valence-corrected chi connectivity index (χ1v) is 12.7. The minimum Gasteiger partial charge on any atom is -0.357 e. The zero-order chi connectivity index (χ0) is 24.6. The van der Waals surface area contributed by atoms with Gasteiger partial charge in [0.15, 0.2) is 0 Å². The standard InChI is InChI=1S/C24H32FN3O4S/c1-5-19-10-14-22(15-11-19)28(33(4,31)32)16-6-7-23(29)27(18(2)24(30)26-3)17-20-8-12-21(25)13-9-20/h8-15,18H,5-7,16-17H2,1-4H3,(H,26,30)/t18-/m0/s1. The third kappa shape index (κ3) is 7.56. The minimum atomic E-state index is -3.53. The number of nitrogens with one attached hydrogen (secondary N) is 1. The van der Waals surface area contributed by atoms with E-state index in [9.17, 15) is 22.4 Å². The fourth-order valence-electron chi connectivity index (χ4n) is 3.48. The van der Waals surface area contributed by atoms with Crippen molar-refractivity contribution in [1.82, 2.24) is 10.2 Å². The number of hydrogen-bond acceptors (Lipinski definition) is 4. The zero-order valence-electron chi connectivity index (χ0n) is 19.5. The molecule has 1 N–H and O–H groups in total. The summed E-state index contributed by atoms with van der Waals surface area (Å²) in [4.78, 5) is 26.7. The van der Waals surface area contributed by atoms with Crippen LogP contribution in [0.2, 0.25) is 0 Å². The van der Waals surface area contributed by atoms with E-state index in [1.165, 1.54) is 28.4 Å². The lowest BCUT2D eigenvalue weighted by Crippen LogP contribution is -2.46. The first-order valence-electron chi connectivity index (χ1n) is 10.9. The summed E-state index contributed by atoms with van der Waals surface area (Å²) in [6, 6.07) is 12.3. The first kappa shape index (κ1) is 26.3. The van der Waals surface area contributed by atoms with Gasteiger partial charge in [-0.1, -0.05) is 31.2 Å².